The van der Waals surface area contributed by atoms with Crippen LogP contribution in [0.1, 0.15) is 22.4 Å². The molecule has 1 fully saturated rings. The molecule has 7 nitrogen and oxygen atoms in total. The predicted octanol–water partition coefficient (Wildman–Crippen LogP) is 4.66. The van der Waals surface area contributed by atoms with Crippen molar-refractivity contribution in [1.82, 2.24) is 19.9 Å². The summed E-state index contributed by atoms with van der Waals surface area (Å²) in [5, 5.41) is 2.15. The lowest BCUT2D eigenvalue weighted by molar-refractivity contribution is -0.143. The third kappa shape index (κ3) is 6.46. The van der Waals surface area contributed by atoms with Crippen LogP contribution in [0, 0.1) is 11.8 Å². The molecule has 0 spiro atoms. The number of carbonyl (C=O) groups excluding carboxylic acids is 1. The van der Waals surface area contributed by atoms with Crippen LogP contribution >= 0.6 is 0 Å². The first kappa shape index (κ1) is 25.7. The van der Waals surface area contributed by atoms with Crippen molar-refractivity contribution in [1.29, 1.82) is 0 Å². The smallest absolute Gasteiger partial charge is 0.351 e. The second kappa shape index (κ2) is 10.3. The number of amides is 2. The number of urea groups is 1. The van der Waals surface area contributed by atoms with E-state index in [4.69, 9.17) is 0 Å². The lowest BCUT2D eigenvalue weighted by atomic mass is 10.1. The number of piperazine rings is 1. The molecule has 1 aliphatic rings. The Hall–Kier alpha value is -4.34. The van der Waals surface area contributed by atoms with Gasteiger partial charge in [-0.2, -0.15) is 26.3 Å². The van der Waals surface area contributed by atoms with Crippen LogP contribution in [-0.4, -0.2) is 52.1 Å². The van der Waals surface area contributed by atoms with Gasteiger partial charge >= 0.3 is 18.4 Å². The summed E-state index contributed by atoms with van der Waals surface area (Å²) >= 11 is 0. The molecule has 0 radical (unpaired) electrons. The van der Waals surface area contributed by atoms with E-state index in [-0.39, 0.29) is 19.2 Å². The van der Waals surface area contributed by atoms with E-state index in [1.165, 1.54) is 17.3 Å². The van der Waals surface area contributed by atoms with Crippen LogP contribution in [-0.2, 0) is 12.4 Å². The van der Waals surface area contributed by atoms with Crippen molar-refractivity contribution >= 4 is 17.5 Å². The van der Waals surface area contributed by atoms with Gasteiger partial charge in [0.15, 0.2) is 11.5 Å². The van der Waals surface area contributed by atoms with Crippen LogP contribution in [0.25, 0.3) is 0 Å². The van der Waals surface area contributed by atoms with E-state index in [1.807, 2.05) is 4.90 Å². The number of nitrogens with one attached hydrogen (secondary N) is 1. The highest BCUT2D eigenvalue weighted by Crippen LogP contribution is 2.37. The van der Waals surface area contributed by atoms with Crippen molar-refractivity contribution in [3.05, 3.63) is 77.5 Å². The van der Waals surface area contributed by atoms with Gasteiger partial charge in [-0.25, -0.2) is 14.8 Å². The molecule has 1 aliphatic heterocycles. The molecular weight excluding hydrogens is 502 g/mol. The van der Waals surface area contributed by atoms with Gasteiger partial charge in [0.25, 0.3) is 0 Å². The van der Waals surface area contributed by atoms with Crippen LogP contribution in [0.2, 0.25) is 0 Å². The molecule has 0 bridgehead atoms. The molecular formula is C24H18F6N6O. The Bertz CT molecular complexity index is 1290. The van der Waals surface area contributed by atoms with Gasteiger partial charge in [0.05, 0.1) is 11.1 Å². The number of anilines is 2. The maximum atomic E-state index is 13.1. The predicted molar refractivity (Wildman–Crippen MR) is 121 cm³/mol. The Morgan fingerprint density at radius 1 is 0.811 bits per heavy atom. The molecule has 1 aromatic carbocycles. The van der Waals surface area contributed by atoms with E-state index >= 15 is 0 Å². The van der Waals surface area contributed by atoms with Crippen molar-refractivity contribution in [2.75, 3.05) is 36.4 Å². The Morgan fingerprint density at radius 2 is 1.41 bits per heavy atom. The van der Waals surface area contributed by atoms with E-state index in [1.54, 1.807) is 24.5 Å². The summed E-state index contributed by atoms with van der Waals surface area (Å²) < 4.78 is 78.6. The highest BCUT2D eigenvalue weighted by Gasteiger charge is 2.37. The van der Waals surface area contributed by atoms with Crippen LogP contribution in [0.4, 0.5) is 42.6 Å². The molecule has 3 heterocycles. The minimum atomic E-state index is -5.01. The van der Waals surface area contributed by atoms with Gasteiger partial charge in [0, 0.05) is 62.2 Å². The SMILES string of the molecule is O=C(Nc1cc(C(F)(F)F)cc(C(F)(F)F)c1)N1CCN(c2nccnc2C#Cc2ccncc2)CC1. The Kier molecular flexibility index (Phi) is 7.19. The number of carbonyl (C=O) groups is 1. The van der Waals surface area contributed by atoms with Gasteiger partial charge in [-0.1, -0.05) is 5.92 Å². The average Bonchev–Trinajstić information content (AvgIpc) is 2.87. The summed E-state index contributed by atoms with van der Waals surface area (Å²) in [6.45, 7) is 0.883. The number of alkyl halides is 6. The molecule has 3 aromatic rings. The van der Waals surface area contributed by atoms with Gasteiger partial charge in [-0.15, -0.1) is 0 Å². The maximum absolute atomic E-state index is 13.1. The fourth-order valence-electron chi connectivity index (χ4n) is 3.57. The van der Waals surface area contributed by atoms with Crippen LogP contribution in [0.15, 0.2) is 55.1 Å². The number of aromatic nitrogens is 3. The number of hydrogen-bond acceptors (Lipinski definition) is 5. The van der Waals surface area contributed by atoms with Gasteiger partial charge < -0.3 is 15.1 Å². The molecule has 0 unspecified atom stereocenters. The molecule has 2 aromatic heterocycles. The molecule has 0 saturated carbocycles. The zero-order valence-electron chi connectivity index (χ0n) is 18.9. The zero-order chi connectivity index (χ0) is 26.6. The topological polar surface area (TPSA) is 74.2 Å². The number of nitrogens with zero attached hydrogens (tertiary/aromatic N) is 5. The number of halogens is 6. The molecule has 1 N–H and O–H groups in total. The standard InChI is InChI=1S/C24H18F6N6O/c25-23(26,27)17-13-18(24(28,29)30)15-19(14-17)34-22(37)36-11-9-35(10-12-36)21-20(32-7-8-33-21)2-1-16-3-5-31-6-4-16/h3-8,13-15H,9-12H2,(H,34,37). The minimum Gasteiger partial charge on any atom is -0.351 e. The van der Waals surface area contributed by atoms with Crippen molar-refractivity contribution in [3.63, 3.8) is 0 Å². The van der Waals surface area contributed by atoms with Gasteiger partial charge in [-0.3, -0.25) is 4.98 Å². The summed E-state index contributed by atoms with van der Waals surface area (Å²) in [6, 6.07) is 3.60. The third-order valence-electron chi connectivity index (χ3n) is 5.39. The van der Waals surface area contributed by atoms with E-state index in [2.05, 4.69) is 32.1 Å². The second-order valence-corrected chi connectivity index (χ2v) is 7.91. The monoisotopic (exact) mass is 520 g/mol. The van der Waals surface area contributed by atoms with E-state index in [0.717, 1.165) is 5.56 Å². The van der Waals surface area contributed by atoms with Crippen LogP contribution < -0.4 is 10.2 Å². The van der Waals surface area contributed by atoms with Crippen LogP contribution in [0.3, 0.4) is 0 Å². The Labute approximate surface area is 207 Å². The zero-order valence-corrected chi connectivity index (χ0v) is 18.9. The summed E-state index contributed by atoms with van der Waals surface area (Å²) in [6.07, 6.45) is -3.82. The van der Waals surface area contributed by atoms with E-state index < -0.39 is 35.2 Å². The highest BCUT2D eigenvalue weighted by atomic mass is 19.4. The molecule has 0 atom stereocenters. The summed E-state index contributed by atoms with van der Waals surface area (Å²) in [4.78, 5) is 28.3. The summed E-state index contributed by atoms with van der Waals surface area (Å²) in [5.74, 6) is 6.43. The first-order valence-electron chi connectivity index (χ1n) is 10.8. The number of hydrogen-bond donors (Lipinski definition) is 1. The second-order valence-electron chi connectivity index (χ2n) is 7.91. The van der Waals surface area contributed by atoms with Gasteiger partial charge in [0.1, 0.15) is 0 Å². The lowest BCUT2D eigenvalue weighted by Gasteiger charge is -2.35. The molecule has 192 valence electrons. The minimum absolute atomic E-state index is 0.00445. The Morgan fingerprint density at radius 3 is 2.00 bits per heavy atom. The molecule has 13 heteroatoms. The highest BCUT2D eigenvalue weighted by molar-refractivity contribution is 5.89. The van der Waals surface area contributed by atoms with Crippen molar-refractivity contribution in [2.45, 2.75) is 12.4 Å². The average molecular weight is 520 g/mol. The van der Waals surface area contributed by atoms with Crippen LogP contribution in [0.5, 0.6) is 0 Å². The number of pyridine rings is 1. The fourth-order valence-corrected chi connectivity index (χ4v) is 3.57. The summed E-state index contributed by atoms with van der Waals surface area (Å²) in [5.41, 5.74) is -2.47. The van der Waals surface area contributed by atoms with Crippen molar-refractivity contribution < 1.29 is 31.1 Å². The molecule has 2 amide bonds. The molecule has 0 aliphatic carbocycles. The fraction of sp³-hybridized carbons (Fsp3) is 0.250. The first-order chi connectivity index (χ1) is 17.5. The first-order valence-corrected chi connectivity index (χ1v) is 10.8. The van der Waals surface area contributed by atoms with E-state index in [9.17, 15) is 31.1 Å². The number of rotatable bonds is 2. The third-order valence-corrected chi connectivity index (χ3v) is 5.39. The maximum Gasteiger partial charge on any atom is 0.416 e. The molecule has 4 rings (SSSR count). The van der Waals surface area contributed by atoms with Gasteiger partial charge in [0.2, 0.25) is 0 Å². The number of benzene rings is 1. The van der Waals surface area contributed by atoms with E-state index in [0.29, 0.717) is 36.7 Å². The molecule has 1 saturated heterocycles. The summed E-state index contributed by atoms with van der Waals surface area (Å²) in [7, 11) is 0. The Balaban J connectivity index is 1.45. The van der Waals surface area contributed by atoms with Crippen molar-refractivity contribution in [3.8, 4) is 11.8 Å². The molecule has 37 heavy (non-hydrogen) atoms. The van der Waals surface area contributed by atoms with Gasteiger partial charge in [-0.05, 0) is 36.3 Å². The van der Waals surface area contributed by atoms with Crippen molar-refractivity contribution in [2.24, 2.45) is 0 Å². The lowest BCUT2D eigenvalue weighted by Crippen LogP contribution is -2.50. The normalized spacial score (nSPS) is 14.1. The quantitative estimate of drug-likeness (QED) is 0.393. The largest absolute Gasteiger partial charge is 0.416 e.